The average Bonchev–Trinajstić information content (AvgIpc) is 1.77. The van der Waals surface area contributed by atoms with Gasteiger partial charge in [-0.25, -0.2) is 0 Å². The Morgan fingerprint density at radius 1 is 0.778 bits per heavy atom. The molecular formula is C8H11Br. The summed E-state index contributed by atoms with van der Waals surface area (Å²) in [6, 6.07) is 8.48. The van der Waals surface area contributed by atoms with Gasteiger partial charge in [0, 0.05) is 0 Å². The minimum atomic E-state index is 0. The second-order valence-electron chi connectivity index (χ2n) is 2.15. The zero-order valence-electron chi connectivity index (χ0n) is 5.72. The first kappa shape index (κ1) is 8.70. The van der Waals surface area contributed by atoms with Crippen LogP contribution in [0.5, 0.6) is 0 Å². The van der Waals surface area contributed by atoms with Gasteiger partial charge in [-0.15, -0.1) is 17.0 Å². The minimum Gasteiger partial charge on any atom is -0.114 e. The van der Waals surface area contributed by atoms with Crippen molar-refractivity contribution in [2.75, 3.05) is 0 Å². The molecule has 50 valence electrons. The molecule has 0 saturated heterocycles. The number of hydrogen-bond acceptors (Lipinski definition) is 0. The number of rotatable bonds is 0. The van der Waals surface area contributed by atoms with Crippen molar-refractivity contribution in [1.29, 1.82) is 0 Å². The predicted molar refractivity (Wildman–Crippen MR) is 46.2 cm³/mol. The Balaban J connectivity index is 0.000000640. The molecule has 0 heterocycles. The molecule has 0 aliphatic carbocycles. The van der Waals surface area contributed by atoms with E-state index >= 15 is 0 Å². The maximum absolute atomic E-state index is 2.12. The second kappa shape index (κ2) is 3.67. The van der Waals surface area contributed by atoms with Gasteiger partial charge in [-0.1, -0.05) is 35.4 Å². The molecule has 0 radical (unpaired) electrons. The lowest BCUT2D eigenvalue weighted by Crippen LogP contribution is -1.70. The maximum atomic E-state index is 2.12. The van der Waals surface area contributed by atoms with Crippen molar-refractivity contribution >= 4 is 17.0 Å². The smallest absolute Gasteiger partial charge is 0.0398 e. The van der Waals surface area contributed by atoms with Gasteiger partial charge >= 0.3 is 0 Å². The van der Waals surface area contributed by atoms with Crippen LogP contribution >= 0.6 is 17.0 Å². The summed E-state index contributed by atoms with van der Waals surface area (Å²) in [5, 5.41) is 0. The topological polar surface area (TPSA) is 0 Å². The van der Waals surface area contributed by atoms with Gasteiger partial charge in [-0.3, -0.25) is 0 Å². The average molecular weight is 187 g/mol. The Morgan fingerprint density at radius 3 is 1.22 bits per heavy atom. The van der Waals surface area contributed by atoms with Gasteiger partial charge in [0.2, 0.25) is 0 Å². The van der Waals surface area contributed by atoms with Crippen LogP contribution in [0.25, 0.3) is 0 Å². The normalized spacial score (nSPS) is 8.22. The van der Waals surface area contributed by atoms with Crippen LogP contribution in [0.4, 0.5) is 0 Å². The van der Waals surface area contributed by atoms with Crippen molar-refractivity contribution in [2.24, 2.45) is 0 Å². The van der Waals surface area contributed by atoms with E-state index in [0.29, 0.717) is 0 Å². The van der Waals surface area contributed by atoms with Gasteiger partial charge in [0.1, 0.15) is 0 Å². The Kier molecular flexibility index (Phi) is 3.55. The van der Waals surface area contributed by atoms with Crippen molar-refractivity contribution in [2.45, 2.75) is 13.8 Å². The molecule has 0 N–H and O–H groups in total. The van der Waals surface area contributed by atoms with Crippen LogP contribution < -0.4 is 0 Å². The molecule has 9 heavy (non-hydrogen) atoms. The second-order valence-corrected chi connectivity index (χ2v) is 2.15. The molecule has 0 atom stereocenters. The maximum Gasteiger partial charge on any atom is -0.0398 e. The summed E-state index contributed by atoms with van der Waals surface area (Å²) in [5.74, 6) is 0. The molecule has 0 unspecified atom stereocenters. The molecule has 0 aromatic heterocycles. The SMILES string of the molecule is Br.Cc1ccc(C)cc1. The zero-order chi connectivity index (χ0) is 5.98. The van der Waals surface area contributed by atoms with Crippen LogP contribution in [0.2, 0.25) is 0 Å². The Hall–Kier alpha value is -0.300. The van der Waals surface area contributed by atoms with E-state index in [-0.39, 0.29) is 17.0 Å². The summed E-state index contributed by atoms with van der Waals surface area (Å²) >= 11 is 0. The lowest BCUT2D eigenvalue weighted by atomic mass is 10.2. The molecule has 0 bridgehead atoms. The highest BCUT2D eigenvalue weighted by atomic mass is 79.9. The van der Waals surface area contributed by atoms with Gasteiger partial charge in [-0.2, -0.15) is 0 Å². The number of hydrogen-bond donors (Lipinski definition) is 0. The summed E-state index contributed by atoms with van der Waals surface area (Å²) in [6.07, 6.45) is 0. The standard InChI is InChI=1S/C8H10.BrH/c1-7-3-5-8(2)6-4-7;/h3-6H,1-2H3;1H. The van der Waals surface area contributed by atoms with Crippen molar-refractivity contribution in [1.82, 2.24) is 0 Å². The molecule has 1 aromatic rings. The number of aryl methyl sites for hydroxylation is 2. The molecule has 1 rings (SSSR count). The monoisotopic (exact) mass is 186 g/mol. The lowest BCUT2D eigenvalue weighted by Gasteiger charge is -1.90. The van der Waals surface area contributed by atoms with E-state index in [2.05, 4.69) is 38.1 Å². The van der Waals surface area contributed by atoms with Gasteiger partial charge in [-0.05, 0) is 13.8 Å². The minimum absolute atomic E-state index is 0. The Morgan fingerprint density at radius 2 is 1.00 bits per heavy atom. The lowest BCUT2D eigenvalue weighted by molar-refractivity contribution is 1.40. The van der Waals surface area contributed by atoms with E-state index in [1.54, 1.807) is 0 Å². The van der Waals surface area contributed by atoms with Crippen LogP contribution in [-0.4, -0.2) is 0 Å². The Labute approximate surface area is 66.7 Å². The van der Waals surface area contributed by atoms with E-state index in [0.717, 1.165) is 0 Å². The van der Waals surface area contributed by atoms with Crippen molar-refractivity contribution in [3.8, 4) is 0 Å². The van der Waals surface area contributed by atoms with Gasteiger partial charge in [0.15, 0.2) is 0 Å². The fourth-order valence-electron chi connectivity index (χ4n) is 0.637. The van der Waals surface area contributed by atoms with Crippen molar-refractivity contribution < 1.29 is 0 Å². The zero-order valence-corrected chi connectivity index (χ0v) is 7.43. The Bertz CT molecular complexity index is 143. The quantitative estimate of drug-likeness (QED) is 0.585. The number of benzene rings is 1. The molecule has 0 fully saturated rings. The summed E-state index contributed by atoms with van der Waals surface area (Å²) in [4.78, 5) is 0. The van der Waals surface area contributed by atoms with Crippen LogP contribution in [0, 0.1) is 13.8 Å². The molecule has 1 heteroatoms. The van der Waals surface area contributed by atoms with Gasteiger partial charge < -0.3 is 0 Å². The van der Waals surface area contributed by atoms with Crippen LogP contribution in [0.1, 0.15) is 11.1 Å². The van der Waals surface area contributed by atoms with Crippen molar-refractivity contribution in [3.05, 3.63) is 35.4 Å². The van der Waals surface area contributed by atoms with Crippen LogP contribution in [-0.2, 0) is 0 Å². The first-order valence-corrected chi connectivity index (χ1v) is 2.82. The summed E-state index contributed by atoms with van der Waals surface area (Å²) in [5.41, 5.74) is 2.66. The largest absolute Gasteiger partial charge is 0.114 e. The van der Waals surface area contributed by atoms with Crippen LogP contribution in [0.3, 0.4) is 0 Å². The fourth-order valence-corrected chi connectivity index (χ4v) is 0.637. The highest BCUT2D eigenvalue weighted by Crippen LogP contribution is 1.99. The first-order valence-electron chi connectivity index (χ1n) is 2.82. The third-order valence-electron chi connectivity index (χ3n) is 1.22. The summed E-state index contributed by atoms with van der Waals surface area (Å²) < 4.78 is 0. The molecule has 0 amide bonds. The number of halogens is 1. The highest BCUT2D eigenvalue weighted by Gasteiger charge is 1.79. The molecule has 0 spiro atoms. The van der Waals surface area contributed by atoms with E-state index in [4.69, 9.17) is 0 Å². The molecule has 0 saturated carbocycles. The first-order chi connectivity index (χ1) is 3.79. The van der Waals surface area contributed by atoms with Gasteiger partial charge in [0.05, 0.1) is 0 Å². The summed E-state index contributed by atoms with van der Waals surface area (Å²) in [7, 11) is 0. The van der Waals surface area contributed by atoms with Crippen LogP contribution in [0.15, 0.2) is 24.3 Å². The molecule has 0 aliphatic rings. The molecule has 0 nitrogen and oxygen atoms in total. The van der Waals surface area contributed by atoms with E-state index in [1.165, 1.54) is 11.1 Å². The predicted octanol–water partition coefficient (Wildman–Crippen LogP) is 2.88. The van der Waals surface area contributed by atoms with E-state index in [9.17, 15) is 0 Å². The third kappa shape index (κ3) is 2.66. The van der Waals surface area contributed by atoms with E-state index < -0.39 is 0 Å². The van der Waals surface area contributed by atoms with Gasteiger partial charge in [0.25, 0.3) is 0 Å². The third-order valence-corrected chi connectivity index (χ3v) is 1.22. The fraction of sp³-hybridized carbons (Fsp3) is 0.250. The molecule has 1 aromatic carbocycles. The molecule has 0 aliphatic heterocycles. The van der Waals surface area contributed by atoms with E-state index in [1.807, 2.05) is 0 Å². The highest BCUT2D eigenvalue weighted by molar-refractivity contribution is 8.93. The molecular weight excluding hydrogens is 176 g/mol. The summed E-state index contributed by atoms with van der Waals surface area (Å²) in [6.45, 7) is 4.19. The van der Waals surface area contributed by atoms with Crippen molar-refractivity contribution in [3.63, 3.8) is 0 Å².